The molecule has 0 atom stereocenters. The molecule has 0 bridgehead atoms. The zero-order valence-electron chi connectivity index (χ0n) is 13.2. The van der Waals surface area contributed by atoms with Gasteiger partial charge in [0.05, 0.1) is 17.6 Å². The molecule has 0 aliphatic rings. The molecule has 0 aliphatic carbocycles. The second-order valence-electron chi connectivity index (χ2n) is 5.76. The van der Waals surface area contributed by atoms with Crippen molar-refractivity contribution in [1.82, 2.24) is 9.55 Å². The van der Waals surface area contributed by atoms with E-state index in [0.29, 0.717) is 6.42 Å². The van der Waals surface area contributed by atoms with E-state index in [1.807, 2.05) is 6.07 Å². The molecule has 0 spiro atoms. The van der Waals surface area contributed by atoms with Gasteiger partial charge in [-0.1, -0.05) is 57.6 Å². The van der Waals surface area contributed by atoms with Gasteiger partial charge in [0, 0.05) is 13.0 Å². The Kier molecular flexibility index (Phi) is 6.74. The number of rotatable bonds is 10. The molecule has 1 N–H and O–H groups in total. The third kappa shape index (κ3) is 4.57. The molecule has 1 aromatic carbocycles. The Hall–Kier alpha value is -1.35. The fraction of sp³-hybridized carbons (Fsp3) is 0.611. The smallest absolute Gasteiger partial charge is 0.112 e. The van der Waals surface area contributed by atoms with Crippen LogP contribution in [-0.2, 0) is 13.0 Å². The summed E-state index contributed by atoms with van der Waals surface area (Å²) in [5, 5.41) is 9.21. The Morgan fingerprint density at radius 2 is 1.71 bits per heavy atom. The van der Waals surface area contributed by atoms with Crippen LogP contribution in [0.2, 0.25) is 0 Å². The van der Waals surface area contributed by atoms with E-state index >= 15 is 0 Å². The van der Waals surface area contributed by atoms with Gasteiger partial charge in [-0.3, -0.25) is 0 Å². The van der Waals surface area contributed by atoms with Crippen molar-refractivity contribution in [2.45, 2.75) is 64.8 Å². The number of aryl methyl sites for hydroxylation is 1. The van der Waals surface area contributed by atoms with Crippen molar-refractivity contribution in [2.24, 2.45) is 0 Å². The van der Waals surface area contributed by atoms with Crippen LogP contribution in [0.15, 0.2) is 24.3 Å². The van der Waals surface area contributed by atoms with Gasteiger partial charge in [-0.05, 0) is 18.6 Å². The normalized spacial score (nSPS) is 11.3. The molecule has 1 heterocycles. The van der Waals surface area contributed by atoms with Gasteiger partial charge >= 0.3 is 0 Å². The maximum absolute atomic E-state index is 9.21. The summed E-state index contributed by atoms with van der Waals surface area (Å²) in [5.41, 5.74) is 2.25. The first-order chi connectivity index (χ1) is 10.4. The number of aliphatic hydroxyl groups is 1. The molecule has 21 heavy (non-hydrogen) atoms. The molecule has 0 fully saturated rings. The van der Waals surface area contributed by atoms with Crippen LogP contribution in [0.4, 0.5) is 0 Å². The Morgan fingerprint density at radius 3 is 2.48 bits per heavy atom. The standard InChI is InChI=1S/C18H28N2O/c1-2-3-4-5-6-7-10-14-20-17-12-9-8-11-16(17)19-18(20)13-15-21/h8-9,11-12,21H,2-7,10,13-15H2,1H3. The van der Waals surface area contributed by atoms with Crippen molar-refractivity contribution in [1.29, 1.82) is 0 Å². The van der Waals surface area contributed by atoms with E-state index in [2.05, 4.69) is 34.7 Å². The van der Waals surface area contributed by atoms with Gasteiger partial charge < -0.3 is 9.67 Å². The van der Waals surface area contributed by atoms with E-state index in [1.54, 1.807) is 0 Å². The second kappa shape index (κ2) is 8.83. The lowest BCUT2D eigenvalue weighted by Gasteiger charge is -2.08. The number of fused-ring (bicyclic) bond motifs is 1. The van der Waals surface area contributed by atoms with Crippen LogP contribution < -0.4 is 0 Å². The first-order valence-corrected chi connectivity index (χ1v) is 8.41. The number of benzene rings is 1. The van der Waals surface area contributed by atoms with E-state index in [4.69, 9.17) is 0 Å². The summed E-state index contributed by atoms with van der Waals surface area (Å²) in [6, 6.07) is 8.27. The molecular weight excluding hydrogens is 260 g/mol. The number of unbranched alkanes of at least 4 members (excludes halogenated alkanes) is 6. The van der Waals surface area contributed by atoms with Crippen LogP contribution in [0.25, 0.3) is 11.0 Å². The number of aliphatic hydroxyl groups excluding tert-OH is 1. The van der Waals surface area contributed by atoms with Gasteiger partial charge in [0.2, 0.25) is 0 Å². The summed E-state index contributed by atoms with van der Waals surface area (Å²) < 4.78 is 2.29. The molecule has 0 aliphatic heterocycles. The van der Waals surface area contributed by atoms with Crippen LogP contribution in [0, 0.1) is 0 Å². The Bertz CT molecular complexity index is 533. The minimum atomic E-state index is 0.167. The van der Waals surface area contributed by atoms with Gasteiger partial charge in [-0.15, -0.1) is 0 Å². The van der Waals surface area contributed by atoms with Crippen LogP contribution in [0.5, 0.6) is 0 Å². The van der Waals surface area contributed by atoms with Gasteiger partial charge in [0.25, 0.3) is 0 Å². The number of nitrogens with zero attached hydrogens (tertiary/aromatic N) is 2. The molecule has 0 unspecified atom stereocenters. The molecular formula is C18H28N2O. The van der Waals surface area contributed by atoms with E-state index in [9.17, 15) is 5.11 Å². The Labute approximate surface area is 128 Å². The van der Waals surface area contributed by atoms with Gasteiger partial charge in [-0.25, -0.2) is 4.98 Å². The maximum Gasteiger partial charge on any atom is 0.112 e. The molecule has 0 saturated heterocycles. The third-order valence-electron chi connectivity index (χ3n) is 4.05. The molecule has 2 aromatic rings. The molecule has 2 rings (SSSR count). The lowest BCUT2D eigenvalue weighted by Crippen LogP contribution is -2.06. The Balaban J connectivity index is 1.89. The summed E-state index contributed by atoms with van der Waals surface area (Å²) in [5.74, 6) is 1.02. The first-order valence-electron chi connectivity index (χ1n) is 8.41. The monoisotopic (exact) mass is 288 g/mol. The van der Waals surface area contributed by atoms with Crippen molar-refractivity contribution in [3.05, 3.63) is 30.1 Å². The van der Waals surface area contributed by atoms with Crippen molar-refractivity contribution in [3.63, 3.8) is 0 Å². The summed E-state index contributed by atoms with van der Waals surface area (Å²) in [7, 11) is 0. The summed E-state index contributed by atoms with van der Waals surface area (Å²) in [6.07, 6.45) is 9.88. The predicted molar refractivity (Wildman–Crippen MR) is 88.5 cm³/mol. The second-order valence-corrected chi connectivity index (χ2v) is 5.76. The number of aromatic nitrogens is 2. The number of hydrogen-bond acceptors (Lipinski definition) is 2. The molecule has 3 nitrogen and oxygen atoms in total. The molecule has 116 valence electrons. The van der Waals surface area contributed by atoms with E-state index in [-0.39, 0.29) is 6.61 Å². The topological polar surface area (TPSA) is 38.0 Å². The van der Waals surface area contributed by atoms with E-state index < -0.39 is 0 Å². The predicted octanol–water partition coefficient (Wildman–Crippen LogP) is 4.32. The third-order valence-corrected chi connectivity index (χ3v) is 4.05. The zero-order valence-corrected chi connectivity index (χ0v) is 13.2. The fourth-order valence-electron chi connectivity index (χ4n) is 2.89. The van der Waals surface area contributed by atoms with Crippen molar-refractivity contribution < 1.29 is 5.11 Å². The van der Waals surface area contributed by atoms with Crippen molar-refractivity contribution in [3.8, 4) is 0 Å². The fourth-order valence-corrected chi connectivity index (χ4v) is 2.89. The number of imidazole rings is 1. The van der Waals surface area contributed by atoms with Gasteiger partial charge in [0.15, 0.2) is 0 Å². The average Bonchev–Trinajstić information content (AvgIpc) is 2.84. The molecule has 3 heteroatoms. The molecule has 1 aromatic heterocycles. The largest absolute Gasteiger partial charge is 0.396 e. The summed E-state index contributed by atoms with van der Waals surface area (Å²) in [6.45, 7) is 3.44. The van der Waals surface area contributed by atoms with Gasteiger partial charge in [0.1, 0.15) is 5.82 Å². The van der Waals surface area contributed by atoms with Crippen LogP contribution in [0.3, 0.4) is 0 Å². The van der Waals surface area contributed by atoms with Crippen molar-refractivity contribution >= 4 is 11.0 Å². The van der Waals surface area contributed by atoms with Gasteiger partial charge in [-0.2, -0.15) is 0 Å². The minimum Gasteiger partial charge on any atom is -0.396 e. The summed E-state index contributed by atoms with van der Waals surface area (Å²) in [4.78, 5) is 4.64. The quantitative estimate of drug-likeness (QED) is 0.661. The number of para-hydroxylation sites is 2. The minimum absolute atomic E-state index is 0.167. The zero-order chi connectivity index (χ0) is 14.9. The highest BCUT2D eigenvalue weighted by atomic mass is 16.3. The van der Waals surface area contributed by atoms with Crippen LogP contribution in [-0.4, -0.2) is 21.3 Å². The van der Waals surface area contributed by atoms with E-state index in [1.165, 1.54) is 50.5 Å². The highest BCUT2D eigenvalue weighted by Crippen LogP contribution is 2.18. The highest BCUT2D eigenvalue weighted by molar-refractivity contribution is 5.75. The van der Waals surface area contributed by atoms with E-state index in [0.717, 1.165) is 17.9 Å². The summed E-state index contributed by atoms with van der Waals surface area (Å²) >= 11 is 0. The number of hydrogen-bond donors (Lipinski definition) is 1. The first kappa shape index (κ1) is 16.0. The van der Waals surface area contributed by atoms with Crippen LogP contribution >= 0.6 is 0 Å². The lowest BCUT2D eigenvalue weighted by molar-refractivity contribution is 0.294. The van der Waals surface area contributed by atoms with Crippen molar-refractivity contribution in [2.75, 3.05) is 6.61 Å². The maximum atomic E-state index is 9.21. The average molecular weight is 288 g/mol. The highest BCUT2D eigenvalue weighted by Gasteiger charge is 2.09. The molecule has 0 saturated carbocycles. The van der Waals surface area contributed by atoms with Crippen LogP contribution in [0.1, 0.15) is 57.7 Å². The SMILES string of the molecule is CCCCCCCCCn1c(CCO)nc2ccccc21. The Morgan fingerprint density at radius 1 is 1.00 bits per heavy atom. The molecule has 0 radical (unpaired) electrons. The molecule has 0 amide bonds. The lowest BCUT2D eigenvalue weighted by atomic mass is 10.1.